The molecule has 6 nitrogen and oxygen atoms in total. The Hall–Kier alpha value is -2.24. The van der Waals surface area contributed by atoms with E-state index in [9.17, 15) is 9.59 Å². The maximum absolute atomic E-state index is 12.5. The Kier molecular flexibility index (Phi) is 5.23. The van der Waals surface area contributed by atoms with Gasteiger partial charge in [-0.3, -0.25) is 9.59 Å². The summed E-state index contributed by atoms with van der Waals surface area (Å²) in [6.45, 7) is 2.20. The summed E-state index contributed by atoms with van der Waals surface area (Å²) >= 11 is 0. The molecule has 1 aliphatic heterocycles. The van der Waals surface area contributed by atoms with Gasteiger partial charge in [-0.25, -0.2) is 0 Å². The predicted molar refractivity (Wildman–Crippen MR) is 88.9 cm³/mol. The fourth-order valence-corrected chi connectivity index (χ4v) is 3.40. The van der Waals surface area contributed by atoms with Crippen LogP contribution in [0.2, 0.25) is 0 Å². The molecule has 0 saturated heterocycles. The molecule has 0 aromatic heterocycles. The van der Waals surface area contributed by atoms with E-state index in [-0.39, 0.29) is 23.8 Å². The summed E-state index contributed by atoms with van der Waals surface area (Å²) in [5.41, 5.74) is 0. The van der Waals surface area contributed by atoms with E-state index in [1.54, 1.807) is 0 Å². The zero-order chi connectivity index (χ0) is 16.9. The molecule has 24 heavy (non-hydrogen) atoms. The predicted octanol–water partition coefficient (Wildman–Crippen LogP) is 1.64. The monoisotopic (exact) mass is 332 g/mol. The summed E-state index contributed by atoms with van der Waals surface area (Å²) in [6, 6.07) is 7.03. The fourth-order valence-electron chi connectivity index (χ4n) is 3.40. The Bertz CT molecular complexity index is 598. The van der Waals surface area contributed by atoms with Crippen LogP contribution in [0.25, 0.3) is 0 Å². The van der Waals surface area contributed by atoms with Crippen LogP contribution in [-0.2, 0) is 9.59 Å². The number of rotatable bonds is 5. The summed E-state index contributed by atoms with van der Waals surface area (Å²) in [4.78, 5) is 24.0. The van der Waals surface area contributed by atoms with Gasteiger partial charge in [0.25, 0.3) is 0 Å². The van der Waals surface area contributed by atoms with Crippen molar-refractivity contribution in [3.05, 3.63) is 24.3 Å². The van der Waals surface area contributed by atoms with Gasteiger partial charge in [-0.2, -0.15) is 0 Å². The highest BCUT2D eigenvalue weighted by atomic mass is 16.6. The molecule has 1 aliphatic carbocycles. The summed E-state index contributed by atoms with van der Waals surface area (Å²) in [6.07, 6.45) is 3.96. The second kappa shape index (κ2) is 7.55. The minimum absolute atomic E-state index is 0.139. The number of amides is 2. The van der Waals surface area contributed by atoms with Crippen molar-refractivity contribution in [3.8, 4) is 11.5 Å². The van der Waals surface area contributed by atoms with E-state index in [4.69, 9.17) is 9.47 Å². The molecule has 0 bridgehead atoms. The first kappa shape index (κ1) is 16.6. The second-order valence-corrected chi connectivity index (χ2v) is 6.47. The van der Waals surface area contributed by atoms with Crippen LogP contribution in [0.15, 0.2) is 24.3 Å². The summed E-state index contributed by atoms with van der Waals surface area (Å²) in [5.74, 6) is 1.32. The van der Waals surface area contributed by atoms with Crippen LogP contribution >= 0.6 is 0 Å². The van der Waals surface area contributed by atoms with Crippen LogP contribution in [0, 0.1) is 5.92 Å². The number of fused-ring (bicyclic) bond motifs is 1. The first-order chi connectivity index (χ1) is 11.6. The molecule has 130 valence electrons. The number of ether oxygens (including phenoxy) is 2. The zero-order valence-corrected chi connectivity index (χ0v) is 13.9. The van der Waals surface area contributed by atoms with E-state index < -0.39 is 6.04 Å². The Balaban J connectivity index is 1.54. The highest BCUT2D eigenvalue weighted by Crippen LogP contribution is 2.31. The third-order valence-electron chi connectivity index (χ3n) is 4.58. The Morgan fingerprint density at radius 1 is 1.21 bits per heavy atom. The lowest BCUT2D eigenvalue weighted by molar-refractivity contribution is -0.129. The molecule has 1 heterocycles. The highest BCUT2D eigenvalue weighted by molar-refractivity contribution is 5.87. The Labute approximate surface area is 141 Å². The SMILES string of the molecule is CC(=O)NC(C(=O)NCC1COc2ccccc2O1)C1CCCC1. The number of hydrogen-bond donors (Lipinski definition) is 2. The van der Waals surface area contributed by atoms with Gasteiger partial charge in [0, 0.05) is 6.92 Å². The first-order valence-corrected chi connectivity index (χ1v) is 8.57. The third kappa shape index (κ3) is 3.99. The van der Waals surface area contributed by atoms with Crippen LogP contribution in [0.3, 0.4) is 0 Å². The number of nitrogens with one attached hydrogen (secondary N) is 2. The number of carbonyl (C=O) groups excluding carboxylic acids is 2. The van der Waals surface area contributed by atoms with Crippen molar-refractivity contribution in [2.75, 3.05) is 13.2 Å². The van der Waals surface area contributed by atoms with E-state index in [2.05, 4.69) is 10.6 Å². The van der Waals surface area contributed by atoms with Gasteiger partial charge in [0.2, 0.25) is 11.8 Å². The molecule has 3 rings (SSSR count). The number of benzene rings is 1. The van der Waals surface area contributed by atoms with Crippen molar-refractivity contribution in [1.29, 1.82) is 0 Å². The summed E-state index contributed by atoms with van der Waals surface area (Å²) < 4.78 is 11.5. The van der Waals surface area contributed by atoms with E-state index in [1.807, 2.05) is 24.3 Å². The molecular weight excluding hydrogens is 308 g/mol. The van der Waals surface area contributed by atoms with Gasteiger partial charge in [-0.15, -0.1) is 0 Å². The maximum atomic E-state index is 12.5. The van der Waals surface area contributed by atoms with E-state index >= 15 is 0 Å². The molecule has 1 saturated carbocycles. The van der Waals surface area contributed by atoms with Gasteiger partial charge in [-0.05, 0) is 30.9 Å². The number of carbonyl (C=O) groups is 2. The van der Waals surface area contributed by atoms with Gasteiger partial charge in [0.05, 0.1) is 6.54 Å². The van der Waals surface area contributed by atoms with Crippen molar-refractivity contribution in [2.45, 2.75) is 44.8 Å². The van der Waals surface area contributed by atoms with Gasteiger partial charge in [-0.1, -0.05) is 25.0 Å². The van der Waals surface area contributed by atoms with Gasteiger partial charge in [0.15, 0.2) is 11.5 Å². The largest absolute Gasteiger partial charge is 0.486 e. The molecule has 1 aromatic carbocycles. The quantitative estimate of drug-likeness (QED) is 0.859. The Morgan fingerprint density at radius 3 is 2.62 bits per heavy atom. The number of para-hydroxylation sites is 2. The molecule has 1 aromatic rings. The van der Waals surface area contributed by atoms with E-state index in [1.165, 1.54) is 6.92 Å². The summed E-state index contributed by atoms with van der Waals surface area (Å²) in [7, 11) is 0. The molecule has 1 fully saturated rings. The van der Waals surface area contributed by atoms with Crippen molar-refractivity contribution in [2.24, 2.45) is 5.92 Å². The maximum Gasteiger partial charge on any atom is 0.242 e. The van der Waals surface area contributed by atoms with Crippen LogP contribution in [0.1, 0.15) is 32.6 Å². The number of hydrogen-bond acceptors (Lipinski definition) is 4. The van der Waals surface area contributed by atoms with Crippen molar-refractivity contribution >= 4 is 11.8 Å². The van der Waals surface area contributed by atoms with Gasteiger partial charge >= 0.3 is 0 Å². The van der Waals surface area contributed by atoms with Gasteiger partial charge in [0.1, 0.15) is 18.8 Å². The van der Waals surface area contributed by atoms with E-state index in [0.29, 0.717) is 18.9 Å². The molecule has 6 heteroatoms. The lowest BCUT2D eigenvalue weighted by atomic mass is 9.97. The standard InChI is InChI=1S/C18H24N2O4/c1-12(21)20-17(13-6-2-3-7-13)18(22)19-10-14-11-23-15-8-4-5-9-16(15)24-14/h4-5,8-9,13-14,17H,2-3,6-7,10-11H2,1H3,(H,19,22)(H,20,21). The van der Waals surface area contributed by atoms with Crippen LogP contribution in [-0.4, -0.2) is 37.1 Å². The molecule has 0 radical (unpaired) electrons. The molecule has 2 atom stereocenters. The molecular formula is C18H24N2O4. The van der Waals surface area contributed by atoms with Crippen molar-refractivity contribution in [1.82, 2.24) is 10.6 Å². The lowest BCUT2D eigenvalue weighted by Gasteiger charge is -2.28. The molecule has 0 spiro atoms. The zero-order valence-electron chi connectivity index (χ0n) is 13.9. The topological polar surface area (TPSA) is 76.7 Å². The minimum Gasteiger partial charge on any atom is -0.486 e. The van der Waals surface area contributed by atoms with Crippen LogP contribution < -0.4 is 20.1 Å². The minimum atomic E-state index is -0.457. The van der Waals surface area contributed by atoms with Crippen molar-refractivity contribution < 1.29 is 19.1 Å². The first-order valence-electron chi connectivity index (χ1n) is 8.57. The third-order valence-corrected chi connectivity index (χ3v) is 4.58. The second-order valence-electron chi connectivity index (χ2n) is 6.47. The Morgan fingerprint density at radius 2 is 1.92 bits per heavy atom. The smallest absolute Gasteiger partial charge is 0.242 e. The summed E-state index contributed by atoms with van der Waals surface area (Å²) in [5, 5.41) is 5.71. The van der Waals surface area contributed by atoms with Crippen LogP contribution in [0.5, 0.6) is 11.5 Å². The lowest BCUT2D eigenvalue weighted by Crippen LogP contribution is -2.52. The van der Waals surface area contributed by atoms with Crippen molar-refractivity contribution in [3.63, 3.8) is 0 Å². The van der Waals surface area contributed by atoms with Crippen LogP contribution in [0.4, 0.5) is 0 Å². The average molecular weight is 332 g/mol. The molecule has 2 aliphatic rings. The molecule has 2 unspecified atom stereocenters. The van der Waals surface area contributed by atoms with E-state index in [0.717, 1.165) is 31.4 Å². The van der Waals surface area contributed by atoms with Gasteiger partial charge < -0.3 is 20.1 Å². The average Bonchev–Trinajstić information content (AvgIpc) is 3.11. The normalized spacial score (nSPS) is 21.1. The molecule has 2 N–H and O–H groups in total. The highest BCUT2D eigenvalue weighted by Gasteiger charge is 2.32. The fraction of sp³-hybridized carbons (Fsp3) is 0.556. The molecule has 2 amide bonds.